The molecule has 0 N–H and O–H groups in total. The van der Waals surface area contributed by atoms with Crippen molar-refractivity contribution in [2.45, 2.75) is 11.8 Å². The number of sulfonamides is 1. The molecule has 0 saturated carbocycles. The topological polar surface area (TPSA) is 37.4 Å². The summed E-state index contributed by atoms with van der Waals surface area (Å²) < 4.78 is 26.4. The number of rotatable bonds is 4. The average Bonchev–Trinajstić information content (AvgIpc) is 2.29. The van der Waals surface area contributed by atoms with Crippen LogP contribution in [0.2, 0.25) is 0 Å². The average molecular weight is 339 g/mol. The summed E-state index contributed by atoms with van der Waals surface area (Å²) in [5, 5.41) is 0. The SMILES string of the molecule is C/C(=C/Cl)CN(C)S(=O)(=O)c1ccc(Br)cc1. The summed E-state index contributed by atoms with van der Waals surface area (Å²) in [4.78, 5) is 0.269. The molecule has 17 heavy (non-hydrogen) atoms. The van der Waals surface area contributed by atoms with E-state index in [0.29, 0.717) is 0 Å². The van der Waals surface area contributed by atoms with Crippen LogP contribution in [0.25, 0.3) is 0 Å². The molecule has 0 fully saturated rings. The van der Waals surface area contributed by atoms with Crippen molar-refractivity contribution >= 4 is 37.6 Å². The van der Waals surface area contributed by atoms with Gasteiger partial charge in [0.25, 0.3) is 0 Å². The zero-order valence-electron chi connectivity index (χ0n) is 9.52. The predicted molar refractivity (Wildman–Crippen MR) is 73.6 cm³/mol. The highest BCUT2D eigenvalue weighted by atomic mass is 79.9. The minimum absolute atomic E-state index is 0.269. The van der Waals surface area contributed by atoms with E-state index >= 15 is 0 Å². The van der Waals surface area contributed by atoms with Crippen molar-refractivity contribution in [2.24, 2.45) is 0 Å². The molecule has 0 radical (unpaired) electrons. The van der Waals surface area contributed by atoms with Crippen LogP contribution in [0.1, 0.15) is 6.92 Å². The molecule has 0 aromatic heterocycles. The first kappa shape index (κ1) is 14.7. The zero-order chi connectivity index (χ0) is 13.1. The first-order chi connectivity index (χ1) is 7.87. The van der Waals surface area contributed by atoms with Crippen molar-refractivity contribution in [3.05, 3.63) is 39.8 Å². The first-order valence-electron chi connectivity index (χ1n) is 4.85. The van der Waals surface area contributed by atoms with Gasteiger partial charge in [0.1, 0.15) is 0 Å². The van der Waals surface area contributed by atoms with E-state index in [9.17, 15) is 8.42 Å². The Morgan fingerprint density at radius 1 is 1.41 bits per heavy atom. The highest BCUT2D eigenvalue weighted by Crippen LogP contribution is 2.18. The van der Waals surface area contributed by atoms with Crippen molar-refractivity contribution in [2.75, 3.05) is 13.6 Å². The van der Waals surface area contributed by atoms with Crippen LogP contribution in [0.3, 0.4) is 0 Å². The highest BCUT2D eigenvalue weighted by molar-refractivity contribution is 9.10. The number of benzene rings is 1. The van der Waals surface area contributed by atoms with Gasteiger partial charge in [-0.2, -0.15) is 4.31 Å². The second-order valence-electron chi connectivity index (χ2n) is 3.67. The number of likely N-dealkylation sites (N-methyl/N-ethyl adjacent to an activating group) is 1. The van der Waals surface area contributed by atoms with Crippen molar-refractivity contribution in [1.29, 1.82) is 0 Å². The Morgan fingerprint density at radius 2 is 1.94 bits per heavy atom. The van der Waals surface area contributed by atoms with Crippen LogP contribution >= 0.6 is 27.5 Å². The van der Waals surface area contributed by atoms with Gasteiger partial charge in [0.2, 0.25) is 10.0 Å². The van der Waals surface area contributed by atoms with Gasteiger partial charge in [-0.25, -0.2) is 8.42 Å². The molecule has 0 saturated heterocycles. The van der Waals surface area contributed by atoms with E-state index in [0.717, 1.165) is 10.0 Å². The Hall–Kier alpha value is -0.360. The monoisotopic (exact) mass is 337 g/mol. The minimum atomic E-state index is -3.45. The third-order valence-electron chi connectivity index (χ3n) is 2.18. The fraction of sp³-hybridized carbons (Fsp3) is 0.273. The Balaban J connectivity index is 2.99. The summed E-state index contributed by atoms with van der Waals surface area (Å²) >= 11 is 8.79. The van der Waals surface area contributed by atoms with Crippen molar-refractivity contribution < 1.29 is 8.42 Å². The number of hydrogen-bond donors (Lipinski definition) is 0. The lowest BCUT2D eigenvalue weighted by Crippen LogP contribution is -2.28. The fourth-order valence-electron chi connectivity index (χ4n) is 1.26. The summed E-state index contributed by atoms with van der Waals surface area (Å²) in [6, 6.07) is 6.53. The van der Waals surface area contributed by atoms with E-state index in [1.165, 1.54) is 16.9 Å². The van der Waals surface area contributed by atoms with Crippen LogP contribution in [0.4, 0.5) is 0 Å². The Morgan fingerprint density at radius 3 is 2.41 bits per heavy atom. The second kappa shape index (κ2) is 6.00. The maximum Gasteiger partial charge on any atom is 0.243 e. The molecule has 0 bridgehead atoms. The number of hydrogen-bond acceptors (Lipinski definition) is 2. The van der Waals surface area contributed by atoms with Crippen LogP contribution in [-0.4, -0.2) is 26.3 Å². The third-order valence-corrected chi connectivity index (χ3v) is 4.90. The molecule has 0 spiro atoms. The molecular weight excluding hydrogens is 326 g/mol. The molecule has 0 unspecified atom stereocenters. The Kier molecular flexibility index (Phi) is 5.19. The van der Waals surface area contributed by atoms with E-state index in [4.69, 9.17) is 11.6 Å². The van der Waals surface area contributed by atoms with Gasteiger partial charge in [-0.15, -0.1) is 0 Å². The van der Waals surface area contributed by atoms with Gasteiger partial charge in [0.05, 0.1) is 4.90 Å². The fourth-order valence-corrected chi connectivity index (χ4v) is 2.80. The van der Waals surface area contributed by atoms with E-state index in [-0.39, 0.29) is 11.4 Å². The molecule has 3 nitrogen and oxygen atoms in total. The second-order valence-corrected chi connectivity index (χ2v) is 6.85. The molecule has 6 heteroatoms. The largest absolute Gasteiger partial charge is 0.243 e. The van der Waals surface area contributed by atoms with Gasteiger partial charge < -0.3 is 0 Å². The molecule has 1 aromatic carbocycles. The zero-order valence-corrected chi connectivity index (χ0v) is 12.7. The molecule has 94 valence electrons. The molecule has 0 atom stereocenters. The van der Waals surface area contributed by atoms with E-state index in [2.05, 4.69) is 15.9 Å². The maximum absolute atomic E-state index is 12.1. The van der Waals surface area contributed by atoms with E-state index in [1.807, 2.05) is 0 Å². The van der Waals surface area contributed by atoms with Crippen LogP contribution in [0.5, 0.6) is 0 Å². The van der Waals surface area contributed by atoms with Crippen molar-refractivity contribution in [3.8, 4) is 0 Å². The normalized spacial score (nSPS) is 13.1. The molecule has 0 aliphatic heterocycles. The quantitative estimate of drug-likeness (QED) is 0.845. The standard InChI is InChI=1S/C11H13BrClNO2S/c1-9(7-13)8-14(2)17(15,16)11-5-3-10(12)4-6-11/h3-7H,8H2,1-2H3/b9-7-. The van der Waals surface area contributed by atoms with Crippen LogP contribution in [0, 0.1) is 0 Å². The van der Waals surface area contributed by atoms with Crippen LogP contribution < -0.4 is 0 Å². The molecule has 1 rings (SSSR count). The predicted octanol–water partition coefficient (Wildman–Crippen LogP) is 3.21. The van der Waals surface area contributed by atoms with E-state index in [1.54, 1.807) is 31.2 Å². The summed E-state index contributed by atoms with van der Waals surface area (Å²) in [5.74, 6) is 0. The smallest absolute Gasteiger partial charge is 0.207 e. The molecule has 0 aliphatic rings. The van der Waals surface area contributed by atoms with Gasteiger partial charge in [-0.05, 0) is 36.8 Å². The minimum Gasteiger partial charge on any atom is -0.207 e. The van der Waals surface area contributed by atoms with Gasteiger partial charge in [-0.1, -0.05) is 27.5 Å². The Bertz CT molecular complexity index is 511. The van der Waals surface area contributed by atoms with Crippen molar-refractivity contribution in [1.82, 2.24) is 4.31 Å². The first-order valence-corrected chi connectivity index (χ1v) is 7.52. The number of nitrogens with zero attached hydrogens (tertiary/aromatic N) is 1. The summed E-state index contributed by atoms with van der Waals surface area (Å²) in [7, 11) is -1.92. The number of halogens is 2. The van der Waals surface area contributed by atoms with Gasteiger partial charge >= 0.3 is 0 Å². The molecule has 0 aliphatic carbocycles. The van der Waals surface area contributed by atoms with Gasteiger partial charge in [0.15, 0.2) is 0 Å². The lowest BCUT2D eigenvalue weighted by molar-refractivity contribution is 0.493. The molecule has 1 aromatic rings. The maximum atomic E-state index is 12.1. The summed E-state index contributed by atoms with van der Waals surface area (Å²) in [6.07, 6.45) is 0. The lowest BCUT2D eigenvalue weighted by Gasteiger charge is -2.17. The van der Waals surface area contributed by atoms with Crippen molar-refractivity contribution in [3.63, 3.8) is 0 Å². The Labute approximate surface area is 115 Å². The molecular formula is C11H13BrClNO2S. The third kappa shape index (κ3) is 3.81. The van der Waals surface area contributed by atoms with Crippen LogP contribution in [-0.2, 0) is 10.0 Å². The summed E-state index contributed by atoms with van der Waals surface area (Å²) in [5.41, 5.74) is 2.17. The molecule has 0 heterocycles. The summed E-state index contributed by atoms with van der Waals surface area (Å²) in [6.45, 7) is 2.06. The van der Waals surface area contributed by atoms with Gasteiger partial charge in [0, 0.05) is 23.6 Å². The lowest BCUT2D eigenvalue weighted by atomic mass is 10.3. The highest BCUT2D eigenvalue weighted by Gasteiger charge is 2.20. The molecule has 0 amide bonds. The van der Waals surface area contributed by atoms with E-state index < -0.39 is 10.0 Å². The van der Waals surface area contributed by atoms with Gasteiger partial charge in [-0.3, -0.25) is 0 Å². The van der Waals surface area contributed by atoms with Crippen LogP contribution in [0.15, 0.2) is 44.7 Å².